The van der Waals surface area contributed by atoms with Crippen molar-refractivity contribution in [1.29, 1.82) is 5.26 Å². The second-order valence-electron chi connectivity index (χ2n) is 4.83. The van der Waals surface area contributed by atoms with E-state index in [2.05, 4.69) is 22.0 Å². The van der Waals surface area contributed by atoms with Crippen LogP contribution in [0, 0.1) is 16.7 Å². The van der Waals surface area contributed by atoms with Gasteiger partial charge in [-0.25, -0.2) is 0 Å². The first-order valence-corrected chi connectivity index (χ1v) is 7.81. The Kier molecular flexibility index (Phi) is 5.36. The highest BCUT2D eigenvalue weighted by atomic mass is 79.9. The molecule has 0 saturated heterocycles. The van der Waals surface area contributed by atoms with Gasteiger partial charge in [-0.05, 0) is 44.9 Å². The fourth-order valence-corrected chi connectivity index (χ4v) is 3.08. The van der Waals surface area contributed by atoms with Crippen molar-refractivity contribution in [2.24, 2.45) is 5.41 Å². The largest absolute Gasteiger partial charge is 0.398 e. The topological polar surface area (TPSA) is 66.9 Å². The highest BCUT2D eigenvalue weighted by molar-refractivity contribution is 9.10. The van der Waals surface area contributed by atoms with Crippen LogP contribution in [0.5, 0.6) is 0 Å². The van der Waals surface area contributed by atoms with Gasteiger partial charge in [0, 0.05) is 15.9 Å². The SMILES string of the molecule is CC(C)(C#N)CCCS(=O)c1ccc(Br)cc1N. The van der Waals surface area contributed by atoms with Crippen molar-refractivity contribution in [2.45, 2.75) is 31.6 Å². The molecule has 3 nitrogen and oxygen atoms in total. The minimum atomic E-state index is -1.10. The predicted molar refractivity (Wildman–Crippen MR) is 78.5 cm³/mol. The van der Waals surface area contributed by atoms with Gasteiger partial charge in [-0.3, -0.25) is 4.21 Å². The Morgan fingerprint density at radius 2 is 2.17 bits per heavy atom. The molecular formula is C13H17BrN2OS. The number of halogens is 1. The lowest BCUT2D eigenvalue weighted by atomic mass is 9.90. The Balaban J connectivity index is 2.59. The molecule has 1 rings (SSSR count). The molecule has 0 fully saturated rings. The number of nitriles is 1. The fourth-order valence-electron chi connectivity index (χ4n) is 1.54. The quantitative estimate of drug-likeness (QED) is 0.841. The van der Waals surface area contributed by atoms with Crippen molar-refractivity contribution in [3.63, 3.8) is 0 Å². The molecule has 1 unspecified atom stereocenters. The zero-order valence-electron chi connectivity index (χ0n) is 10.6. The first-order valence-electron chi connectivity index (χ1n) is 5.70. The molecule has 0 bridgehead atoms. The average molecular weight is 329 g/mol. The van der Waals surface area contributed by atoms with E-state index >= 15 is 0 Å². The van der Waals surface area contributed by atoms with E-state index in [0.717, 1.165) is 17.3 Å². The normalized spacial score (nSPS) is 13.0. The molecule has 2 N–H and O–H groups in total. The molecule has 1 atom stereocenters. The van der Waals surface area contributed by atoms with Crippen LogP contribution in [0.3, 0.4) is 0 Å². The maximum Gasteiger partial charge on any atom is 0.0683 e. The van der Waals surface area contributed by atoms with Crippen LogP contribution >= 0.6 is 15.9 Å². The zero-order valence-corrected chi connectivity index (χ0v) is 13.0. The fraction of sp³-hybridized carbons (Fsp3) is 0.462. The third kappa shape index (κ3) is 4.43. The number of benzene rings is 1. The van der Waals surface area contributed by atoms with Gasteiger partial charge in [0.25, 0.3) is 0 Å². The summed E-state index contributed by atoms with van der Waals surface area (Å²) in [4.78, 5) is 0.674. The first-order chi connectivity index (χ1) is 8.35. The molecular weight excluding hydrogens is 312 g/mol. The Hall–Kier alpha value is -0.860. The summed E-state index contributed by atoms with van der Waals surface area (Å²) in [5, 5.41) is 8.90. The summed E-state index contributed by atoms with van der Waals surface area (Å²) >= 11 is 3.32. The number of hydrogen-bond donors (Lipinski definition) is 1. The first kappa shape index (κ1) is 15.2. The number of nitrogen functional groups attached to an aromatic ring is 1. The van der Waals surface area contributed by atoms with Crippen LogP contribution in [0.2, 0.25) is 0 Å². The summed E-state index contributed by atoms with van der Waals surface area (Å²) < 4.78 is 13.0. The monoisotopic (exact) mass is 328 g/mol. The number of nitrogens with zero attached hydrogens (tertiary/aromatic N) is 1. The van der Waals surface area contributed by atoms with Gasteiger partial charge >= 0.3 is 0 Å². The van der Waals surface area contributed by atoms with Crippen LogP contribution in [-0.4, -0.2) is 9.96 Å². The lowest BCUT2D eigenvalue weighted by molar-refractivity contribution is 0.447. The molecule has 1 aromatic carbocycles. The summed E-state index contributed by atoms with van der Waals surface area (Å²) in [6.45, 7) is 3.79. The lowest BCUT2D eigenvalue weighted by Gasteiger charge is -2.14. The van der Waals surface area contributed by atoms with Crippen molar-refractivity contribution < 1.29 is 4.21 Å². The second-order valence-corrected chi connectivity index (χ2v) is 7.29. The number of anilines is 1. The molecule has 0 radical (unpaired) electrons. The minimum Gasteiger partial charge on any atom is -0.398 e. The van der Waals surface area contributed by atoms with Gasteiger partial charge in [0.1, 0.15) is 0 Å². The summed E-state index contributed by atoms with van der Waals surface area (Å²) in [6.07, 6.45) is 1.49. The van der Waals surface area contributed by atoms with Crippen molar-refractivity contribution >= 4 is 32.4 Å². The van der Waals surface area contributed by atoms with Crippen LogP contribution in [0.15, 0.2) is 27.6 Å². The highest BCUT2D eigenvalue weighted by Crippen LogP contribution is 2.24. The molecule has 0 aromatic heterocycles. The third-order valence-electron chi connectivity index (χ3n) is 2.65. The standard InChI is InChI=1S/C13H17BrN2OS/c1-13(2,9-15)6-3-7-18(17)12-5-4-10(14)8-11(12)16/h4-5,8H,3,6-7,16H2,1-2H3. The molecule has 0 amide bonds. The molecule has 0 saturated carbocycles. The van der Waals surface area contributed by atoms with E-state index in [9.17, 15) is 4.21 Å². The maximum absolute atomic E-state index is 12.1. The number of hydrogen-bond acceptors (Lipinski definition) is 3. The van der Waals surface area contributed by atoms with Crippen LogP contribution in [0.4, 0.5) is 5.69 Å². The molecule has 0 aliphatic carbocycles. The van der Waals surface area contributed by atoms with E-state index in [0.29, 0.717) is 16.3 Å². The molecule has 1 aromatic rings. The average Bonchev–Trinajstić information content (AvgIpc) is 2.28. The van der Waals surface area contributed by atoms with E-state index in [-0.39, 0.29) is 5.41 Å². The van der Waals surface area contributed by atoms with Crippen molar-refractivity contribution in [3.8, 4) is 6.07 Å². The van der Waals surface area contributed by atoms with E-state index in [1.165, 1.54) is 0 Å². The Labute approximate surface area is 119 Å². The van der Waals surface area contributed by atoms with E-state index in [1.54, 1.807) is 12.1 Å². The Morgan fingerprint density at radius 3 is 2.72 bits per heavy atom. The summed E-state index contributed by atoms with van der Waals surface area (Å²) in [5.74, 6) is 0.539. The van der Waals surface area contributed by atoms with Gasteiger partial charge in [0.05, 0.1) is 27.2 Å². The second kappa shape index (κ2) is 6.35. The van der Waals surface area contributed by atoms with Crippen LogP contribution in [0.25, 0.3) is 0 Å². The third-order valence-corrected chi connectivity index (χ3v) is 4.67. The molecule has 0 heterocycles. The predicted octanol–water partition coefficient (Wildman–Crippen LogP) is 3.47. The number of nitrogens with two attached hydrogens (primary N) is 1. The van der Waals surface area contributed by atoms with Gasteiger partial charge in [-0.1, -0.05) is 15.9 Å². The molecule has 0 aliphatic rings. The van der Waals surface area contributed by atoms with Crippen molar-refractivity contribution in [2.75, 3.05) is 11.5 Å². The smallest absolute Gasteiger partial charge is 0.0683 e. The Morgan fingerprint density at radius 1 is 1.50 bits per heavy atom. The Bertz CT molecular complexity index is 494. The highest BCUT2D eigenvalue weighted by Gasteiger charge is 2.17. The molecule has 5 heteroatoms. The lowest BCUT2D eigenvalue weighted by Crippen LogP contribution is -2.10. The van der Waals surface area contributed by atoms with Gasteiger partial charge in [-0.2, -0.15) is 5.26 Å². The maximum atomic E-state index is 12.1. The van der Waals surface area contributed by atoms with Gasteiger partial charge < -0.3 is 5.73 Å². The van der Waals surface area contributed by atoms with E-state index in [4.69, 9.17) is 11.0 Å². The van der Waals surface area contributed by atoms with Crippen molar-refractivity contribution in [3.05, 3.63) is 22.7 Å². The number of rotatable bonds is 5. The van der Waals surface area contributed by atoms with Gasteiger partial charge in [0.15, 0.2) is 0 Å². The molecule has 98 valence electrons. The van der Waals surface area contributed by atoms with Crippen molar-refractivity contribution in [1.82, 2.24) is 0 Å². The molecule has 0 spiro atoms. The summed E-state index contributed by atoms with van der Waals surface area (Å²) in [6, 6.07) is 7.62. The summed E-state index contributed by atoms with van der Waals surface area (Å²) in [7, 11) is -1.10. The van der Waals surface area contributed by atoms with Crippen LogP contribution in [-0.2, 0) is 10.8 Å². The van der Waals surface area contributed by atoms with Gasteiger partial charge in [0.2, 0.25) is 0 Å². The van der Waals surface area contributed by atoms with E-state index < -0.39 is 10.8 Å². The molecule has 0 aliphatic heterocycles. The zero-order chi connectivity index (χ0) is 13.8. The molecule has 18 heavy (non-hydrogen) atoms. The van der Waals surface area contributed by atoms with E-state index in [1.807, 2.05) is 19.9 Å². The van der Waals surface area contributed by atoms with Crippen LogP contribution < -0.4 is 5.73 Å². The van der Waals surface area contributed by atoms with Gasteiger partial charge in [-0.15, -0.1) is 0 Å². The summed E-state index contributed by atoms with van der Waals surface area (Å²) in [5.41, 5.74) is 6.02. The van der Waals surface area contributed by atoms with Crippen LogP contribution in [0.1, 0.15) is 26.7 Å². The minimum absolute atomic E-state index is 0.352.